The van der Waals surface area contributed by atoms with Crippen molar-refractivity contribution < 1.29 is 50.9 Å². The molecule has 3 aromatic heterocycles. The number of hydrogen-bond acceptors (Lipinski definition) is 7. The van der Waals surface area contributed by atoms with Crippen LogP contribution >= 0.6 is 11.6 Å². The molecule has 0 spiro atoms. The van der Waals surface area contributed by atoms with Crippen LogP contribution in [0.1, 0.15) is 23.9 Å². The number of ether oxygens (including phenoxy) is 1. The smallest absolute Gasteiger partial charge is 0.483 e. The number of fused-ring (bicyclic) bond motifs is 1. The van der Waals surface area contributed by atoms with Gasteiger partial charge in [0.2, 0.25) is 5.88 Å². The second-order valence-corrected chi connectivity index (χ2v) is 7.37. The van der Waals surface area contributed by atoms with Gasteiger partial charge in [-0.1, -0.05) is 17.7 Å². The number of halogens is 7. The molecule has 208 valence electrons. The molecule has 3 aromatic rings. The Kier molecular flexibility index (Phi) is 12.4. The van der Waals surface area contributed by atoms with E-state index in [0.717, 1.165) is 30.3 Å². The molecule has 4 heterocycles. The van der Waals surface area contributed by atoms with E-state index in [9.17, 15) is 26.3 Å². The number of nitrogens with one attached hydrogen (secondary N) is 1. The maximum absolute atomic E-state index is 10.6. The van der Waals surface area contributed by atoms with Gasteiger partial charge in [0.05, 0.1) is 16.4 Å². The Bertz CT molecular complexity index is 1150. The maximum atomic E-state index is 10.6. The summed E-state index contributed by atoms with van der Waals surface area (Å²) in [5.74, 6) is -1.48. The molecule has 10 nitrogen and oxygen atoms in total. The van der Waals surface area contributed by atoms with Crippen molar-refractivity contribution in [1.29, 1.82) is 0 Å². The van der Waals surface area contributed by atoms with Crippen molar-refractivity contribution in [3.63, 3.8) is 0 Å². The lowest BCUT2D eigenvalue weighted by Gasteiger charge is -2.07. The predicted molar refractivity (Wildman–Crippen MR) is 120 cm³/mol. The second kappa shape index (κ2) is 14.7. The van der Waals surface area contributed by atoms with Gasteiger partial charge in [0.1, 0.15) is 6.61 Å². The highest BCUT2D eigenvalue weighted by Gasteiger charge is 2.38. The number of rotatable bonds is 4. The van der Waals surface area contributed by atoms with E-state index in [1.54, 1.807) is 16.9 Å². The third-order valence-electron chi connectivity index (χ3n) is 3.83. The first-order valence-corrected chi connectivity index (χ1v) is 10.4. The van der Waals surface area contributed by atoms with Crippen molar-refractivity contribution in [3.8, 4) is 11.7 Å². The SMILES string of the molecule is CC(F)(F)F.Clc1ccc(COc2cccc(-n3cc4c(n3)CNC4)n2)nc1.O=C(O)C(F)(F)F.O=CO. The Labute approximate surface area is 215 Å². The number of carboxylic acids is 1. The summed E-state index contributed by atoms with van der Waals surface area (Å²) in [4.78, 5) is 25.9. The van der Waals surface area contributed by atoms with E-state index < -0.39 is 18.3 Å². The summed E-state index contributed by atoms with van der Waals surface area (Å²) >= 11 is 5.82. The maximum Gasteiger partial charge on any atom is 0.490 e. The molecular weight excluding hydrogens is 552 g/mol. The standard InChI is InChI=1S/C16H14ClN5O.C2HF3O2.C2H3F3.CH2O2/c17-12-4-5-13(19-7-12)10-23-16-3-1-2-15(20-16)22-9-11-6-18-8-14(11)21-22;3-2(4,5)1(6)7;1-2(3,4)5;2-1-3/h1-5,7,9,18H,6,8,10H2;(H,6,7);1H3;1H,(H,2,3). The van der Waals surface area contributed by atoms with E-state index in [4.69, 9.17) is 36.1 Å². The zero-order chi connectivity index (χ0) is 28.9. The summed E-state index contributed by atoms with van der Waals surface area (Å²) in [5, 5.41) is 22.4. The van der Waals surface area contributed by atoms with Crippen LogP contribution in [-0.4, -0.2) is 54.8 Å². The van der Waals surface area contributed by atoms with E-state index >= 15 is 0 Å². The van der Waals surface area contributed by atoms with Crippen molar-refractivity contribution >= 4 is 24.0 Å². The van der Waals surface area contributed by atoms with Crippen LogP contribution in [0.5, 0.6) is 5.88 Å². The topological polar surface area (TPSA) is 139 Å². The number of carboxylic acid groups (broad SMARTS) is 2. The van der Waals surface area contributed by atoms with Gasteiger partial charge in [0.25, 0.3) is 6.47 Å². The van der Waals surface area contributed by atoms with Gasteiger partial charge in [-0.3, -0.25) is 9.78 Å². The quantitative estimate of drug-likeness (QED) is 0.307. The van der Waals surface area contributed by atoms with Gasteiger partial charge >= 0.3 is 18.3 Å². The van der Waals surface area contributed by atoms with Crippen molar-refractivity contribution in [2.24, 2.45) is 0 Å². The molecule has 0 saturated carbocycles. The molecule has 0 saturated heterocycles. The monoisotopic (exact) mass is 571 g/mol. The Morgan fingerprint density at radius 2 is 1.79 bits per heavy atom. The summed E-state index contributed by atoms with van der Waals surface area (Å²) in [5.41, 5.74) is 3.08. The van der Waals surface area contributed by atoms with Gasteiger partial charge in [-0.15, -0.1) is 0 Å². The van der Waals surface area contributed by atoms with Crippen molar-refractivity contribution in [2.45, 2.75) is 39.0 Å². The fourth-order valence-electron chi connectivity index (χ4n) is 2.43. The largest absolute Gasteiger partial charge is 0.490 e. The average molecular weight is 572 g/mol. The molecule has 0 fully saturated rings. The van der Waals surface area contributed by atoms with Crippen LogP contribution < -0.4 is 10.1 Å². The van der Waals surface area contributed by atoms with Gasteiger partial charge < -0.3 is 20.3 Å². The van der Waals surface area contributed by atoms with Crippen molar-refractivity contribution in [2.75, 3.05) is 0 Å². The number of hydrogen-bond donors (Lipinski definition) is 3. The number of pyridine rings is 2. The number of alkyl halides is 6. The van der Waals surface area contributed by atoms with E-state index in [1.165, 1.54) is 5.56 Å². The molecule has 0 bridgehead atoms. The zero-order valence-corrected chi connectivity index (χ0v) is 20.0. The molecule has 17 heteroatoms. The van der Waals surface area contributed by atoms with E-state index in [-0.39, 0.29) is 13.4 Å². The van der Waals surface area contributed by atoms with Crippen LogP contribution in [0, 0.1) is 0 Å². The number of carbonyl (C=O) groups is 2. The van der Waals surface area contributed by atoms with Crippen LogP contribution in [0.4, 0.5) is 26.3 Å². The minimum absolute atomic E-state index is 0.188. The Hall–Kier alpha value is -3.92. The molecule has 0 aromatic carbocycles. The fraction of sp³-hybridized carbons (Fsp3) is 0.286. The minimum atomic E-state index is -5.08. The van der Waals surface area contributed by atoms with Crippen molar-refractivity contribution in [1.82, 2.24) is 25.1 Å². The van der Waals surface area contributed by atoms with Gasteiger partial charge in [0, 0.05) is 44.0 Å². The number of nitrogens with zero attached hydrogens (tertiary/aromatic N) is 4. The van der Waals surface area contributed by atoms with Crippen LogP contribution in [0.2, 0.25) is 5.02 Å². The third kappa shape index (κ3) is 12.9. The first-order chi connectivity index (χ1) is 17.6. The highest BCUT2D eigenvalue weighted by atomic mass is 35.5. The lowest BCUT2D eigenvalue weighted by Crippen LogP contribution is -2.21. The number of aliphatic carboxylic acids is 1. The van der Waals surface area contributed by atoms with Crippen LogP contribution in [0.3, 0.4) is 0 Å². The van der Waals surface area contributed by atoms with Gasteiger partial charge in [0.15, 0.2) is 5.82 Å². The number of aromatic nitrogens is 4. The van der Waals surface area contributed by atoms with Crippen molar-refractivity contribution in [3.05, 3.63) is 64.7 Å². The summed E-state index contributed by atoms with van der Waals surface area (Å²) < 4.78 is 70.3. The van der Waals surface area contributed by atoms with Gasteiger partial charge in [-0.05, 0) is 18.2 Å². The Morgan fingerprint density at radius 1 is 1.18 bits per heavy atom. The highest BCUT2D eigenvalue weighted by Crippen LogP contribution is 2.18. The molecular formula is C21H20ClF6N5O5. The Balaban J connectivity index is 0.000000400. The lowest BCUT2D eigenvalue weighted by molar-refractivity contribution is -0.192. The minimum Gasteiger partial charge on any atom is -0.483 e. The molecule has 4 rings (SSSR count). The second-order valence-electron chi connectivity index (χ2n) is 6.93. The fourth-order valence-corrected chi connectivity index (χ4v) is 2.54. The first kappa shape index (κ1) is 32.1. The van der Waals surface area contributed by atoms with E-state index in [2.05, 4.69) is 20.4 Å². The highest BCUT2D eigenvalue weighted by molar-refractivity contribution is 6.30. The zero-order valence-electron chi connectivity index (χ0n) is 19.3. The third-order valence-corrected chi connectivity index (χ3v) is 4.05. The molecule has 3 N–H and O–H groups in total. The van der Waals surface area contributed by atoms with Crippen LogP contribution in [0.25, 0.3) is 5.82 Å². The molecule has 0 amide bonds. The predicted octanol–water partition coefficient (Wildman–Crippen LogP) is 4.40. The van der Waals surface area contributed by atoms with Gasteiger partial charge in [-0.2, -0.15) is 36.4 Å². The van der Waals surface area contributed by atoms with E-state index in [1.807, 2.05) is 30.5 Å². The molecule has 0 unspecified atom stereocenters. The first-order valence-electron chi connectivity index (χ1n) is 10.1. The molecule has 38 heavy (non-hydrogen) atoms. The normalized spacial score (nSPS) is 11.9. The molecule has 0 radical (unpaired) electrons. The molecule has 0 atom stereocenters. The molecule has 1 aliphatic rings. The van der Waals surface area contributed by atoms with Gasteiger partial charge in [-0.25, -0.2) is 9.48 Å². The summed E-state index contributed by atoms with van der Waals surface area (Å²) in [6.07, 6.45) is -5.48. The molecule has 1 aliphatic heterocycles. The summed E-state index contributed by atoms with van der Waals surface area (Å²) in [6, 6.07) is 9.24. The lowest BCUT2D eigenvalue weighted by atomic mass is 10.3. The van der Waals surface area contributed by atoms with Crippen LogP contribution in [-0.2, 0) is 29.3 Å². The Morgan fingerprint density at radius 3 is 2.29 bits per heavy atom. The van der Waals surface area contributed by atoms with Crippen LogP contribution in [0.15, 0.2) is 42.7 Å². The summed E-state index contributed by atoms with van der Waals surface area (Å²) in [6.45, 7) is 1.94. The van der Waals surface area contributed by atoms with E-state index in [0.29, 0.717) is 17.5 Å². The molecule has 0 aliphatic carbocycles. The average Bonchev–Trinajstić information content (AvgIpc) is 3.41. The summed E-state index contributed by atoms with van der Waals surface area (Å²) in [7, 11) is 0.